The molecule has 3 rings (SSSR count). The molecule has 0 unspecified atom stereocenters. The van der Waals surface area contributed by atoms with E-state index in [1.807, 2.05) is 0 Å². The summed E-state index contributed by atoms with van der Waals surface area (Å²) in [5.41, 5.74) is 2.50. The van der Waals surface area contributed by atoms with Crippen molar-refractivity contribution >= 4 is 67.4 Å². The molecule has 1 amide bonds. The minimum absolute atomic E-state index is 0. The van der Waals surface area contributed by atoms with Gasteiger partial charge in [0.25, 0.3) is 5.91 Å². The first-order valence-electron chi connectivity index (χ1n) is 8.90. The Morgan fingerprint density at radius 3 is 2.56 bits per heavy atom. The number of nitrogens with one attached hydrogen (secondary N) is 2. The van der Waals surface area contributed by atoms with Gasteiger partial charge in [-0.15, -0.1) is 49.6 Å². The van der Waals surface area contributed by atoms with E-state index in [0.29, 0.717) is 30.0 Å². The van der Waals surface area contributed by atoms with Crippen LogP contribution in [-0.4, -0.2) is 51.7 Å². The normalized spacial score (nSPS) is 15.0. The van der Waals surface area contributed by atoms with E-state index in [0.717, 1.165) is 31.7 Å². The van der Waals surface area contributed by atoms with Crippen LogP contribution in [-0.2, 0) is 11.2 Å². The third kappa shape index (κ3) is 9.81. The fourth-order valence-electron chi connectivity index (χ4n) is 3.06. The van der Waals surface area contributed by atoms with E-state index >= 15 is 0 Å². The number of rotatable bonds is 7. The minimum atomic E-state index is -0.643. The molecule has 32 heavy (non-hydrogen) atoms. The Morgan fingerprint density at radius 1 is 1.19 bits per heavy atom. The van der Waals surface area contributed by atoms with Crippen molar-refractivity contribution in [3.63, 3.8) is 0 Å². The molecule has 1 aliphatic rings. The van der Waals surface area contributed by atoms with E-state index in [-0.39, 0.29) is 55.7 Å². The first kappa shape index (κ1) is 32.4. The van der Waals surface area contributed by atoms with Crippen molar-refractivity contribution in [2.24, 2.45) is 0 Å². The Hall–Kier alpha value is -1.75. The summed E-state index contributed by atoms with van der Waals surface area (Å²) < 4.78 is 26.7. The summed E-state index contributed by atoms with van der Waals surface area (Å²) in [5, 5.41) is 11.7. The highest BCUT2D eigenvalue weighted by molar-refractivity contribution is 5.90. The fraction of sp³-hybridized carbons (Fsp3) is 0.316. The zero-order valence-corrected chi connectivity index (χ0v) is 20.0. The largest absolute Gasteiger partial charge is 0.365 e. The van der Waals surface area contributed by atoms with Crippen molar-refractivity contribution in [1.29, 1.82) is 0 Å². The van der Waals surface area contributed by atoms with Crippen molar-refractivity contribution in [1.82, 2.24) is 20.3 Å². The maximum Gasteiger partial charge on any atom is 0.267 e. The molecular formula is C19H25Cl4F2N5O2. The number of halogens is 6. The number of hydrogen-bond donors (Lipinski definition) is 3. The quantitative estimate of drug-likeness (QED) is 0.285. The molecule has 1 aromatic carbocycles. The third-order valence-corrected chi connectivity index (χ3v) is 4.52. The van der Waals surface area contributed by atoms with Gasteiger partial charge in [-0.2, -0.15) is 0 Å². The third-order valence-electron chi connectivity index (χ3n) is 4.52. The van der Waals surface area contributed by atoms with Crippen LogP contribution < -0.4 is 10.8 Å². The monoisotopic (exact) mass is 533 g/mol. The minimum Gasteiger partial charge on any atom is -0.365 e. The van der Waals surface area contributed by atoms with Crippen molar-refractivity contribution in [2.75, 3.05) is 25.0 Å². The van der Waals surface area contributed by atoms with Gasteiger partial charge in [-0.1, -0.05) is 6.07 Å². The van der Waals surface area contributed by atoms with Crippen LogP contribution >= 0.6 is 49.6 Å². The highest BCUT2D eigenvalue weighted by Crippen LogP contribution is 2.16. The number of carbonyl (C=O) groups excluding carboxylic acids is 1. The molecule has 1 saturated heterocycles. The molecule has 0 saturated carbocycles. The van der Waals surface area contributed by atoms with E-state index in [1.165, 1.54) is 29.9 Å². The number of hydroxylamine groups is 1. The Kier molecular flexibility index (Phi) is 16.2. The average molecular weight is 535 g/mol. The second kappa shape index (κ2) is 16.0. The molecular weight excluding hydrogens is 510 g/mol. The van der Waals surface area contributed by atoms with E-state index in [1.54, 1.807) is 6.20 Å². The van der Waals surface area contributed by atoms with Gasteiger partial charge < -0.3 is 10.2 Å². The average Bonchev–Trinajstić information content (AvgIpc) is 3.14. The van der Waals surface area contributed by atoms with Crippen LogP contribution in [0.4, 0.5) is 14.6 Å². The standard InChI is InChI=1S/C19H21F2N5O2.4ClH/c20-14-2-1-13(17(21)9-14)5-7-26-8-6-16(12-26)24-18-11-22-15(10-23-18)3-4-19(27)25-28;;;;/h1-4,9-11,16,28H,5-8,12H2,(H,23,24)(H,25,27);4*1H/t16-;;;;/m1..../s1. The Balaban J connectivity index is 0. The van der Waals surface area contributed by atoms with Gasteiger partial charge in [-0.05, 0) is 30.5 Å². The number of likely N-dealkylation sites (tertiary alicyclic amines) is 1. The van der Waals surface area contributed by atoms with E-state index < -0.39 is 17.5 Å². The molecule has 0 bridgehead atoms. The van der Waals surface area contributed by atoms with Gasteiger partial charge >= 0.3 is 0 Å². The highest BCUT2D eigenvalue weighted by atomic mass is 35.5. The Bertz CT molecular complexity index is 862. The van der Waals surface area contributed by atoms with Crippen LogP contribution in [0.1, 0.15) is 17.7 Å². The van der Waals surface area contributed by atoms with Crippen molar-refractivity contribution in [2.45, 2.75) is 18.9 Å². The zero-order chi connectivity index (χ0) is 19.9. The lowest BCUT2D eigenvalue weighted by Gasteiger charge is -2.17. The summed E-state index contributed by atoms with van der Waals surface area (Å²) >= 11 is 0. The van der Waals surface area contributed by atoms with Gasteiger partial charge in [0.05, 0.1) is 18.1 Å². The number of anilines is 1. The number of aromatic nitrogens is 2. The molecule has 1 fully saturated rings. The zero-order valence-electron chi connectivity index (χ0n) is 16.7. The van der Waals surface area contributed by atoms with Crippen LogP contribution in [0, 0.1) is 11.6 Å². The lowest BCUT2D eigenvalue weighted by atomic mass is 10.1. The molecule has 3 N–H and O–H groups in total. The van der Waals surface area contributed by atoms with Gasteiger partial charge in [0, 0.05) is 37.8 Å². The topological polar surface area (TPSA) is 90.4 Å². The first-order chi connectivity index (χ1) is 13.5. The SMILES string of the molecule is Cl.Cl.Cl.Cl.O=C(C=Cc1cnc(N[C@@H]2CCN(CCc3ccc(F)cc3F)C2)cn1)NO. The molecule has 1 aromatic heterocycles. The molecule has 1 aliphatic heterocycles. The number of carbonyl (C=O) groups is 1. The summed E-state index contributed by atoms with van der Waals surface area (Å²) in [6.07, 6.45) is 7.14. The van der Waals surface area contributed by atoms with E-state index in [4.69, 9.17) is 5.21 Å². The maximum atomic E-state index is 13.7. The van der Waals surface area contributed by atoms with E-state index in [9.17, 15) is 13.6 Å². The van der Waals surface area contributed by atoms with Crippen LogP contribution in [0.2, 0.25) is 0 Å². The predicted molar refractivity (Wildman–Crippen MR) is 129 cm³/mol. The Morgan fingerprint density at radius 2 is 1.94 bits per heavy atom. The molecule has 7 nitrogen and oxygen atoms in total. The summed E-state index contributed by atoms with van der Waals surface area (Å²) in [7, 11) is 0. The molecule has 0 spiro atoms. The van der Waals surface area contributed by atoms with Gasteiger partial charge in [-0.25, -0.2) is 19.2 Å². The lowest BCUT2D eigenvalue weighted by molar-refractivity contribution is -0.124. The molecule has 13 heteroatoms. The molecule has 1 atom stereocenters. The molecule has 2 aromatic rings. The lowest BCUT2D eigenvalue weighted by Crippen LogP contribution is -2.28. The predicted octanol–water partition coefficient (Wildman–Crippen LogP) is 3.69. The molecule has 0 aliphatic carbocycles. The number of amides is 1. The van der Waals surface area contributed by atoms with Crippen LogP contribution in [0.15, 0.2) is 36.7 Å². The van der Waals surface area contributed by atoms with Gasteiger partial charge in [0.1, 0.15) is 17.5 Å². The second-order valence-electron chi connectivity index (χ2n) is 6.55. The van der Waals surface area contributed by atoms with Crippen LogP contribution in [0.5, 0.6) is 0 Å². The summed E-state index contributed by atoms with van der Waals surface area (Å²) in [4.78, 5) is 21.6. The highest BCUT2D eigenvalue weighted by Gasteiger charge is 2.22. The van der Waals surface area contributed by atoms with Crippen molar-refractivity contribution in [3.8, 4) is 0 Å². The van der Waals surface area contributed by atoms with Gasteiger partial charge in [0.15, 0.2) is 0 Å². The first-order valence-corrected chi connectivity index (χ1v) is 8.90. The van der Waals surface area contributed by atoms with Crippen molar-refractivity contribution < 1.29 is 18.8 Å². The van der Waals surface area contributed by atoms with E-state index in [2.05, 4.69) is 20.2 Å². The number of benzene rings is 1. The van der Waals surface area contributed by atoms with Gasteiger partial charge in [0.2, 0.25) is 0 Å². The maximum absolute atomic E-state index is 13.7. The van der Waals surface area contributed by atoms with Crippen LogP contribution in [0.3, 0.4) is 0 Å². The number of hydrogen-bond acceptors (Lipinski definition) is 6. The van der Waals surface area contributed by atoms with Crippen LogP contribution in [0.25, 0.3) is 6.08 Å². The summed E-state index contributed by atoms with van der Waals surface area (Å²) in [6, 6.07) is 3.89. The Labute approximate surface area is 209 Å². The molecule has 0 radical (unpaired) electrons. The summed E-state index contributed by atoms with van der Waals surface area (Å²) in [6.45, 7) is 2.37. The second-order valence-corrected chi connectivity index (χ2v) is 6.55. The van der Waals surface area contributed by atoms with Gasteiger partial charge in [-0.3, -0.25) is 15.0 Å². The number of nitrogens with zero attached hydrogens (tertiary/aromatic N) is 3. The smallest absolute Gasteiger partial charge is 0.267 e. The molecule has 2 heterocycles. The fourth-order valence-corrected chi connectivity index (χ4v) is 3.06. The summed E-state index contributed by atoms with van der Waals surface area (Å²) in [5.74, 6) is -1.09. The van der Waals surface area contributed by atoms with Crippen molar-refractivity contribution in [3.05, 3.63) is 59.6 Å². The molecule has 180 valence electrons.